The summed E-state index contributed by atoms with van der Waals surface area (Å²) in [5.41, 5.74) is 1.10. The Morgan fingerprint density at radius 2 is 1.97 bits per heavy atom. The first-order valence-electron chi connectivity index (χ1n) is 12.1. The van der Waals surface area contributed by atoms with Crippen LogP contribution in [0.2, 0.25) is 0 Å². The molecule has 0 bridgehead atoms. The third-order valence-electron chi connectivity index (χ3n) is 5.64. The second kappa shape index (κ2) is 16.0. The van der Waals surface area contributed by atoms with Crippen LogP contribution in [-0.4, -0.2) is 61.9 Å². The molecule has 0 radical (unpaired) electrons. The molecule has 0 aliphatic carbocycles. The number of aliphatic hydroxyl groups excluding tert-OH is 1. The number of carbonyl (C=O) groups is 3. The maximum atomic E-state index is 12.8. The van der Waals surface area contributed by atoms with Crippen molar-refractivity contribution in [3.05, 3.63) is 48.0 Å². The van der Waals surface area contributed by atoms with E-state index in [0.717, 1.165) is 24.8 Å². The average molecular weight is 475 g/mol. The highest BCUT2D eigenvalue weighted by Gasteiger charge is 2.25. The molecule has 8 nitrogen and oxygen atoms in total. The van der Waals surface area contributed by atoms with E-state index in [9.17, 15) is 14.4 Å². The van der Waals surface area contributed by atoms with Gasteiger partial charge in [0, 0.05) is 13.0 Å². The molecule has 1 aliphatic heterocycles. The van der Waals surface area contributed by atoms with Gasteiger partial charge in [0.2, 0.25) is 11.8 Å². The number of aliphatic hydroxyl groups is 1. The minimum atomic E-state index is -0.512. The number of ether oxygens (including phenoxy) is 2. The molecule has 34 heavy (non-hydrogen) atoms. The number of hydrogen-bond acceptors (Lipinski definition) is 6. The van der Waals surface area contributed by atoms with Gasteiger partial charge in [0.1, 0.15) is 6.61 Å². The van der Waals surface area contributed by atoms with Gasteiger partial charge in [0.05, 0.1) is 37.7 Å². The van der Waals surface area contributed by atoms with Gasteiger partial charge in [0.25, 0.3) is 0 Å². The number of carbonyl (C=O) groups excluding carboxylic acids is 3. The summed E-state index contributed by atoms with van der Waals surface area (Å²) in [6.07, 6.45) is 7.46. The van der Waals surface area contributed by atoms with E-state index >= 15 is 0 Å². The molecule has 1 aliphatic rings. The second-order valence-corrected chi connectivity index (χ2v) is 8.65. The predicted octanol–water partition coefficient (Wildman–Crippen LogP) is 2.15. The number of benzene rings is 1. The van der Waals surface area contributed by atoms with E-state index < -0.39 is 5.92 Å². The molecule has 1 aromatic carbocycles. The molecular formula is C26H38N2O6. The van der Waals surface area contributed by atoms with Gasteiger partial charge in [-0.15, -0.1) is 0 Å². The Hall–Kier alpha value is -2.71. The Balaban J connectivity index is 1.94. The Bertz CT molecular complexity index is 783. The maximum Gasteiger partial charge on any atom is 0.309 e. The number of amides is 2. The molecule has 188 valence electrons. The number of cyclic esters (lactones) is 1. The number of hydrogen-bond donors (Lipinski definition) is 3. The molecule has 1 heterocycles. The van der Waals surface area contributed by atoms with E-state index in [-0.39, 0.29) is 56.0 Å². The fourth-order valence-electron chi connectivity index (χ4n) is 3.80. The first-order chi connectivity index (χ1) is 16.5. The summed E-state index contributed by atoms with van der Waals surface area (Å²) >= 11 is 0. The summed E-state index contributed by atoms with van der Waals surface area (Å²) in [4.78, 5) is 37.9. The topological polar surface area (TPSA) is 114 Å². The summed E-state index contributed by atoms with van der Waals surface area (Å²) in [7, 11) is 0. The van der Waals surface area contributed by atoms with Crippen molar-refractivity contribution in [3.63, 3.8) is 0 Å². The fourth-order valence-corrected chi connectivity index (χ4v) is 3.80. The van der Waals surface area contributed by atoms with Crippen molar-refractivity contribution < 1.29 is 29.0 Å². The Kier molecular flexibility index (Phi) is 13.0. The lowest BCUT2D eigenvalue weighted by atomic mass is 9.93. The normalized spacial score (nSPS) is 22.4. The van der Waals surface area contributed by atoms with Gasteiger partial charge < -0.3 is 25.2 Å². The molecule has 3 N–H and O–H groups in total. The van der Waals surface area contributed by atoms with E-state index in [1.807, 2.05) is 42.5 Å². The molecule has 0 fully saturated rings. The number of nitrogens with one attached hydrogen (secondary N) is 2. The predicted molar refractivity (Wildman–Crippen MR) is 129 cm³/mol. The highest BCUT2D eigenvalue weighted by molar-refractivity contribution is 5.86. The third kappa shape index (κ3) is 10.9. The zero-order chi connectivity index (χ0) is 24.6. The Morgan fingerprint density at radius 1 is 1.18 bits per heavy atom. The van der Waals surface area contributed by atoms with Crippen LogP contribution in [0.25, 0.3) is 0 Å². The van der Waals surface area contributed by atoms with Gasteiger partial charge in [0.15, 0.2) is 0 Å². The van der Waals surface area contributed by atoms with Gasteiger partial charge in [-0.1, -0.05) is 42.5 Å². The van der Waals surface area contributed by atoms with Crippen molar-refractivity contribution in [1.29, 1.82) is 0 Å². The van der Waals surface area contributed by atoms with Crippen molar-refractivity contribution in [2.45, 2.75) is 51.5 Å². The number of esters is 1. The molecule has 1 aromatic rings. The van der Waals surface area contributed by atoms with Crippen molar-refractivity contribution in [2.75, 3.05) is 33.0 Å². The summed E-state index contributed by atoms with van der Waals surface area (Å²) in [6.45, 7) is 2.66. The van der Waals surface area contributed by atoms with Crippen LogP contribution in [0.5, 0.6) is 0 Å². The summed E-state index contributed by atoms with van der Waals surface area (Å²) in [5.74, 6) is -1.45. The van der Waals surface area contributed by atoms with Crippen molar-refractivity contribution in [3.8, 4) is 0 Å². The lowest BCUT2D eigenvalue weighted by Gasteiger charge is -2.21. The molecule has 0 spiro atoms. The smallest absolute Gasteiger partial charge is 0.309 e. The highest BCUT2D eigenvalue weighted by Crippen LogP contribution is 2.19. The standard InChI is InChI=1S/C26H38N2O6/c1-20-19-34-26(32)23(17-21-9-5-4-6-10-21)12-8-3-2-7-11-22(25(31)28-20)18-24(30)27-13-15-33-16-14-29/h2,4-7,9-10,20,22-23,29H,3,8,11-19H2,1H3,(H,27,30)(H,28,31)/t20-,22+,23+/m0/s1. The van der Waals surface area contributed by atoms with E-state index in [4.69, 9.17) is 14.6 Å². The number of allylic oxidation sites excluding steroid dienone is 2. The van der Waals surface area contributed by atoms with Crippen LogP contribution in [0.3, 0.4) is 0 Å². The van der Waals surface area contributed by atoms with Crippen LogP contribution in [0.15, 0.2) is 42.5 Å². The van der Waals surface area contributed by atoms with Crippen molar-refractivity contribution >= 4 is 17.8 Å². The van der Waals surface area contributed by atoms with Crippen molar-refractivity contribution in [1.82, 2.24) is 10.6 Å². The highest BCUT2D eigenvalue weighted by atomic mass is 16.5. The van der Waals surface area contributed by atoms with E-state index in [0.29, 0.717) is 26.0 Å². The fraction of sp³-hybridized carbons (Fsp3) is 0.577. The minimum Gasteiger partial charge on any atom is -0.463 e. The summed E-state index contributed by atoms with van der Waals surface area (Å²) in [5, 5.41) is 14.3. The Morgan fingerprint density at radius 3 is 2.74 bits per heavy atom. The molecule has 0 aromatic heterocycles. The molecule has 3 atom stereocenters. The van der Waals surface area contributed by atoms with Gasteiger partial charge in [-0.2, -0.15) is 0 Å². The summed E-state index contributed by atoms with van der Waals surface area (Å²) < 4.78 is 10.7. The van der Waals surface area contributed by atoms with Crippen LogP contribution in [-0.2, 0) is 30.3 Å². The summed E-state index contributed by atoms with van der Waals surface area (Å²) in [6, 6.07) is 9.55. The third-order valence-corrected chi connectivity index (χ3v) is 5.64. The van der Waals surface area contributed by atoms with E-state index in [1.165, 1.54) is 0 Å². The molecular weight excluding hydrogens is 436 g/mol. The Labute approximate surface area is 202 Å². The average Bonchev–Trinajstić information content (AvgIpc) is 2.83. The molecule has 0 saturated heterocycles. The zero-order valence-electron chi connectivity index (χ0n) is 20.0. The first-order valence-corrected chi connectivity index (χ1v) is 12.1. The van der Waals surface area contributed by atoms with Crippen LogP contribution >= 0.6 is 0 Å². The van der Waals surface area contributed by atoms with Gasteiger partial charge in [-0.3, -0.25) is 14.4 Å². The van der Waals surface area contributed by atoms with Gasteiger partial charge >= 0.3 is 5.97 Å². The largest absolute Gasteiger partial charge is 0.463 e. The van der Waals surface area contributed by atoms with E-state index in [2.05, 4.69) is 10.6 Å². The number of rotatable bonds is 9. The molecule has 2 rings (SSSR count). The minimum absolute atomic E-state index is 0.0574. The monoisotopic (exact) mass is 474 g/mol. The van der Waals surface area contributed by atoms with Crippen LogP contribution in [0.4, 0.5) is 0 Å². The van der Waals surface area contributed by atoms with Crippen molar-refractivity contribution in [2.24, 2.45) is 11.8 Å². The molecule has 8 heteroatoms. The van der Waals surface area contributed by atoms with Crippen LogP contribution in [0, 0.1) is 11.8 Å². The second-order valence-electron chi connectivity index (χ2n) is 8.65. The first kappa shape index (κ1) is 27.5. The van der Waals surface area contributed by atoms with E-state index in [1.54, 1.807) is 6.92 Å². The lowest BCUT2D eigenvalue weighted by molar-refractivity contribution is -0.150. The van der Waals surface area contributed by atoms with Gasteiger partial charge in [-0.25, -0.2) is 0 Å². The molecule has 0 unspecified atom stereocenters. The maximum absolute atomic E-state index is 12.8. The van der Waals surface area contributed by atoms with Crippen LogP contribution in [0.1, 0.15) is 44.6 Å². The SMILES string of the molecule is C[C@H]1COC(=O)[C@@H](Cc2ccccc2)CCCC=CC[C@H](CC(=O)NCCOCCO)C(=O)N1. The van der Waals surface area contributed by atoms with Crippen LogP contribution < -0.4 is 10.6 Å². The van der Waals surface area contributed by atoms with Gasteiger partial charge in [-0.05, 0) is 44.6 Å². The zero-order valence-corrected chi connectivity index (χ0v) is 20.0. The lowest BCUT2D eigenvalue weighted by Crippen LogP contribution is -2.42. The molecule has 2 amide bonds. The quantitative estimate of drug-likeness (QED) is 0.287. The molecule has 0 saturated carbocycles.